The minimum atomic E-state index is -1.51. The number of rotatable bonds is 6. The van der Waals surface area contributed by atoms with Crippen molar-refractivity contribution in [2.24, 2.45) is 5.92 Å². The molecule has 0 radical (unpaired) electrons. The van der Waals surface area contributed by atoms with Gasteiger partial charge in [-0.3, -0.25) is 4.90 Å². The van der Waals surface area contributed by atoms with Gasteiger partial charge in [0, 0.05) is 28.5 Å². The Hall–Kier alpha value is -2.26. The van der Waals surface area contributed by atoms with Gasteiger partial charge in [0.1, 0.15) is 11.5 Å². The summed E-state index contributed by atoms with van der Waals surface area (Å²) in [5.74, 6) is -0.804. The summed E-state index contributed by atoms with van der Waals surface area (Å²) in [5, 5.41) is 10.0. The molecule has 2 nitrogen and oxygen atoms in total. The summed E-state index contributed by atoms with van der Waals surface area (Å²) in [6.07, 6.45) is 0. The maximum absolute atomic E-state index is 15.4. The van der Waals surface area contributed by atoms with Crippen molar-refractivity contribution in [3.63, 3.8) is 0 Å². The molecular weight excluding hydrogens is 506 g/mol. The molecule has 1 aliphatic heterocycles. The van der Waals surface area contributed by atoms with Gasteiger partial charge in [0.05, 0.1) is 17.7 Å². The Morgan fingerprint density at radius 2 is 1.73 bits per heavy atom. The van der Waals surface area contributed by atoms with Crippen molar-refractivity contribution >= 4 is 27.5 Å². The Morgan fingerprint density at radius 1 is 1.03 bits per heavy atom. The monoisotopic (exact) mass is 528 g/mol. The minimum absolute atomic E-state index is 0.0210. The lowest BCUT2D eigenvalue weighted by Crippen LogP contribution is -2.53. The van der Waals surface area contributed by atoms with Crippen molar-refractivity contribution < 1.29 is 8.78 Å². The fourth-order valence-electron chi connectivity index (χ4n) is 4.99. The summed E-state index contributed by atoms with van der Waals surface area (Å²) in [5.41, 5.74) is 1.79. The van der Waals surface area contributed by atoms with E-state index in [-0.39, 0.29) is 17.8 Å². The number of nitriles is 1. The van der Waals surface area contributed by atoms with Gasteiger partial charge in [-0.15, -0.1) is 0 Å². The van der Waals surface area contributed by atoms with Crippen molar-refractivity contribution in [1.29, 1.82) is 5.26 Å². The van der Waals surface area contributed by atoms with Gasteiger partial charge < -0.3 is 0 Å². The molecule has 0 aromatic heterocycles. The third-order valence-electron chi connectivity index (χ3n) is 6.28. The average Bonchev–Trinajstić information content (AvgIpc) is 2.72. The Bertz CT molecular complexity index is 1160. The quantitative estimate of drug-likeness (QED) is 0.328. The zero-order chi connectivity index (χ0) is 23.8. The number of hydrogen-bond acceptors (Lipinski definition) is 2. The fourth-order valence-corrected chi connectivity index (χ4v) is 5.60. The molecule has 0 spiro atoms. The molecule has 0 N–H and O–H groups in total. The minimum Gasteiger partial charge on any atom is -0.292 e. The zero-order valence-corrected chi connectivity index (χ0v) is 20.7. The van der Waals surface area contributed by atoms with Crippen LogP contribution in [0.2, 0.25) is 5.02 Å². The number of nitrogens with zero attached hydrogens (tertiary/aromatic N) is 2. The van der Waals surface area contributed by atoms with Gasteiger partial charge in [-0.2, -0.15) is 5.26 Å². The highest BCUT2D eigenvalue weighted by Crippen LogP contribution is 2.46. The SMILES string of the molecule is CC(C)(F)[C@H](c1cc(F)cc(Br)c1)C1CN([C@@H](c2ccc(Cl)cc2)c2cccc(C#N)c2)C1. The van der Waals surface area contributed by atoms with E-state index in [4.69, 9.17) is 11.6 Å². The summed E-state index contributed by atoms with van der Waals surface area (Å²) >= 11 is 9.46. The molecule has 1 saturated heterocycles. The van der Waals surface area contributed by atoms with Gasteiger partial charge in [0.25, 0.3) is 0 Å². The highest BCUT2D eigenvalue weighted by Gasteiger charge is 2.45. The molecule has 2 atom stereocenters. The number of likely N-dealkylation sites (tertiary alicyclic amines) is 1. The Kier molecular flexibility index (Phi) is 6.91. The highest BCUT2D eigenvalue weighted by atomic mass is 79.9. The predicted octanol–water partition coefficient (Wildman–Crippen LogP) is 7.67. The Morgan fingerprint density at radius 3 is 2.33 bits per heavy atom. The normalized spacial score (nSPS) is 16.6. The van der Waals surface area contributed by atoms with Crippen LogP contribution in [0.4, 0.5) is 8.78 Å². The van der Waals surface area contributed by atoms with E-state index in [0.29, 0.717) is 33.7 Å². The molecular formula is C27H24BrClF2N2. The molecule has 4 rings (SSSR count). The van der Waals surface area contributed by atoms with Crippen LogP contribution in [0.1, 0.15) is 48.1 Å². The molecule has 0 saturated carbocycles. The van der Waals surface area contributed by atoms with Crippen molar-refractivity contribution in [1.82, 2.24) is 4.90 Å². The maximum atomic E-state index is 15.4. The van der Waals surface area contributed by atoms with E-state index in [1.165, 1.54) is 12.1 Å². The lowest BCUT2D eigenvalue weighted by Gasteiger charge is -2.50. The molecule has 0 amide bonds. The molecule has 1 heterocycles. The van der Waals surface area contributed by atoms with Crippen molar-refractivity contribution in [2.75, 3.05) is 13.1 Å². The summed E-state index contributed by atoms with van der Waals surface area (Å²) in [7, 11) is 0. The van der Waals surface area contributed by atoms with Crippen LogP contribution in [0.3, 0.4) is 0 Å². The van der Waals surface area contributed by atoms with Crippen LogP contribution in [0.5, 0.6) is 0 Å². The zero-order valence-electron chi connectivity index (χ0n) is 18.4. The van der Waals surface area contributed by atoms with Gasteiger partial charge >= 0.3 is 0 Å². The predicted molar refractivity (Wildman–Crippen MR) is 132 cm³/mol. The van der Waals surface area contributed by atoms with E-state index in [9.17, 15) is 9.65 Å². The van der Waals surface area contributed by atoms with Gasteiger partial charge in [0.2, 0.25) is 0 Å². The lowest BCUT2D eigenvalue weighted by atomic mass is 9.72. The van der Waals surface area contributed by atoms with Crippen LogP contribution < -0.4 is 0 Å². The maximum Gasteiger partial charge on any atom is 0.124 e. The fraction of sp³-hybridized carbons (Fsp3) is 0.296. The van der Waals surface area contributed by atoms with Gasteiger partial charge in [-0.25, -0.2) is 8.78 Å². The first-order valence-corrected chi connectivity index (χ1v) is 12.0. The molecule has 33 heavy (non-hydrogen) atoms. The van der Waals surface area contributed by atoms with E-state index >= 15 is 4.39 Å². The van der Waals surface area contributed by atoms with Gasteiger partial charge in [-0.1, -0.05) is 51.8 Å². The van der Waals surface area contributed by atoms with Gasteiger partial charge in [0.15, 0.2) is 0 Å². The highest BCUT2D eigenvalue weighted by molar-refractivity contribution is 9.10. The number of halogens is 4. The number of hydrogen-bond donors (Lipinski definition) is 0. The van der Waals surface area contributed by atoms with E-state index in [1.54, 1.807) is 19.9 Å². The van der Waals surface area contributed by atoms with Crippen molar-refractivity contribution in [2.45, 2.75) is 31.5 Å². The Balaban J connectivity index is 1.65. The smallest absolute Gasteiger partial charge is 0.124 e. The van der Waals surface area contributed by atoms with Crippen LogP contribution in [0, 0.1) is 23.1 Å². The lowest BCUT2D eigenvalue weighted by molar-refractivity contribution is 0.00811. The van der Waals surface area contributed by atoms with Crippen LogP contribution in [-0.4, -0.2) is 23.7 Å². The number of alkyl halides is 1. The summed E-state index contributed by atoms with van der Waals surface area (Å²) < 4.78 is 30.1. The molecule has 3 aromatic carbocycles. The second-order valence-electron chi connectivity index (χ2n) is 9.15. The summed E-state index contributed by atoms with van der Waals surface area (Å²) in [6, 6.07) is 22.0. The third kappa shape index (κ3) is 5.30. The van der Waals surface area contributed by atoms with E-state index in [1.807, 2.05) is 48.5 Å². The van der Waals surface area contributed by atoms with Crippen LogP contribution in [0.15, 0.2) is 71.2 Å². The average molecular weight is 530 g/mol. The summed E-state index contributed by atoms with van der Waals surface area (Å²) in [4.78, 5) is 2.28. The topological polar surface area (TPSA) is 27.0 Å². The van der Waals surface area contributed by atoms with E-state index in [2.05, 4.69) is 26.9 Å². The molecule has 0 unspecified atom stereocenters. The molecule has 1 fully saturated rings. The van der Waals surface area contributed by atoms with Crippen molar-refractivity contribution in [3.05, 3.63) is 104 Å². The molecule has 0 aliphatic carbocycles. The molecule has 6 heteroatoms. The summed E-state index contributed by atoms with van der Waals surface area (Å²) in [6.45, 7) is 4.42. The van der Waals surface area contributed by atoms with Crippen LogP contribution in [0.25, 0.3) is 0 Å². The van der Waals surface area contributed by atoms with E-state index in [0.717, 1.165) is 11.1 Å². The first-order chi connectivity index (χ1) is 15.7. The largest absolute Gasteiger partial charge is 0.292 e. The van der Waals surface area contributed by atoms with Crippen LogP contribution in [-0.2, 0) is 0 Å². The van der Waals surface area contributed by atoms with Crippen LogP contribution >= 0.6 is 27.5 Å². The van der Waals surface area contributed by atoms with Gasteiger partial charge in [-0.05, 0) is 78.9 Å². The number of benzene rings is 3. The standard InChI is InChI=1S/C27H24BrClF2N2/c1-27(2,31)25(20-11-22(28)13-24(30)12-20)21-15-33(16-21)26(18-6-8-23(29)9-7-18)19-5-3-4-17(10-19)14-32/h3-13,21,25-26H,15-16H2,1-2H3/t25-,26+/m1/s1. The Labute approximate surface area is 206 Å². The third-order valence-corrected chi connectivity index (χ3v) is 6.99. The van der Waals surface area contributed by atoms with Crippen molar-refractivity contribution in [3.8, 4) is 6.07 Å². The first kappa shape index (κ1) is 23.9. The molecule has 1 aliphatic rings. The van der Waals surface area contributed by atoms with E-state index < -0.39 is 11.6 Å². The first-order valence-electron chi connectivity index (χ1n) is 10.8. The molecule has 170 valence electrons. The second-order valence-corrected chi connectivity index (χ2v) is 10.5. The molecule has 3 aromatic rings. The molecule has 0 bridgehead atoms. The second kappa shape index (κ2) is 9.54.